The molecule has 2 aromatic carbocycles. The van der Waals surface area contributed by atoms with Gasteiger partial charge in [0.15, 0.2) is 0 Å². The number of carbonyl (C=O) groups is 3. The maximum absolute atomic E-state index is 13.0. The number of alkyl carbamates (subject to hydrolysis) is 1. The first-order chi connectivity index (χ1) is 15.8. The number of ketones is 1. The zero-order chi connectivity index (χ0) is 24.2. The Kier molecular flexibility index (Phi) is 9.80. The van der Waals surface area contributed by atoms with E-state index < -0.39 is 29.9 Å². The Morgan fingerprint density at radius 2 is 1.67 bits per heavy atom. The maximum atomic E-state index is 13.0. The molecule has 0 unspecified atom stereocenters. The quantitative estimate of drug-likeness (QED) is 0.273. The first-order valence-electron chi connectivity index (χ1n) is 10.5. The Hall–Kier alpha value is -3.97. The van der Waals surface area contributed by atoms with Gasteiger partial charge in [-0.1, -0.05) is 56.3 Å². The van der Waals surface area contributed by atoms with Crippen molar-refractivity contribution in [2.75, 3.05) is 0 Å². The van der Waals surface area contributed by atoms with Gasteiger partial charge in [-0.05, 0) is 35.6 Å². The molecule has 174 valence electrons. The highest BCUT2D eigenvalue weighted by Crippen LogP contribution is 2.12. The Morgan fingerprint density at radius 3 is 2.27 bits per heavy atom. The standard InChI is InChI=1S/C24H28N4O5/c1-16(2)12-21(28-24(32)33-15-18-6-4-3-5-7-18)23(31)27-20(22(30)14-26-25)13-17-8-10-19(29)11-9-17/h3-11,14,16,20-21,29H,12-13,15H2,1-2H3,(H,27,31)(H,28,32)/t20-,21-/m0/s1. The SMILES string of the molecule is CC(C)C[C@H](NC(=O)OCc1ccccc1)C(=O)N[C@@H](Cc1ccc(O)cc1)C(=O)C=[N+]=[N-]. The van der Waals surface area contributed by atoms with E-state index in [1.807, 2.05) is 44.2 Å². The van der Waals surface area contributed by atoms with Gasteiger partial charge in [-0.25, -0.2) is 4.79 Å². The second kappa shape index (κ2) is 12.8. The number of carbonyl (C=O) groups excluding carboxylic acids is 3. The number of phenols is 1. The van der Waals surface area contributed by atoms with E-state index in [0.29, 0.717) is 18.2 Å². The number of phenolic OH excluding ortho intramolecular Hbond substituents is 1. The molecule has 0 radical (unpaired) electrons. The van der Waals surface area contributed by atoms with Gasteiger partial charge in [0.2, 0.25) is 5.91 Å². The number of rotatable bonds is 11. The second-order valence-electron chi connectivity index (χ2n) is 7.97. The molecule has 0 saturated heterocycles. The van der Waals surface area contributed by atoms with Crippen LogP contribution in [-0.4, -0.2) is 46.0 Å². The van der Waals surface area contributed by atoms with Crippen molar-refractivity contribution in [3.05, 3.63) is 71.3 Å². The van der Waals surface area contributed by atoms with Crippen molar-refractivity contribution in [1.29, 1.82) is 0 Å². The monoisotopic (exact) mass is 452 g/mol. The third-order valence-electron chi connectivity index (χ3n) is 4.75. The van der Waals surface area contributed by atoms with Crippen molar-refractivity contribution in [2.45, 2.75) is 45.4 Å². The molecule has 3 N–H and O–H groups in total. The fourth-order valence-electron chi connectivity index (χ4n) is 3.12. The summed E-state index contributed by atoms with van der Waals surface area (Å²) in [7, 11) is 0. The third-order valence-corrected chi connectivity index (χ3v) is 4.75. The van der Waals surface area contributed by atoms with Crippen LogP contribution >= 0.6 is 0 Å². The number of hydrogen-bond donors (Lipinski definition) is 3. The van der Waals surface area contributed by atoms with E-state index in [9.17, 15) is 19.5 Å². The number of Topliss-reactive ketones (excluding diaryl/α,β-unsaturated/α-hetero) is 1. The summed E-state index contributed by atoms with van der Waals surface area (Å²) in [6.45, 7) is 3.85. The molecule has 2 amide bonds. The predicted octanol–water partition coefficient (Wildman–Crippen LogP) is 2.63. The van der Waals surface area contributed by atoms with Gasteiger partial charge >= 0.3 is 12.3 Å². The fourth-order valence-corrected chi connectivity index (χ4v) is 3.12. The summed E-state index contributed by atoms with van der Waals surface area (Å²) < 4.78 is 5.21. The minimum absolute atomic E-state index is 0.0532. The molecule has 0 spiro atoms. The minimum atomic E-state index is -1.03. The number of benzene rings is 2. The molecular formula is C24H28N4O5. The maximum Gasteiger partial charge on any atom is 0.408 e. The van der Waals surface area contributed by atoms with Crippen LogP contribution in [0.15, 0.2) is 54.6 Å². The number of amides is 2. The van der Waals surface area contributed by atoms with Crippen molar-refractivity contribution in [1.82, 2.24) is 10.6 Å². The number of nitrogens with zero attached hydrogens (tertiary/aromatic N) is 2. The highest BCUT2D eigenvalue weighted by molar-refractivity contribution is 6.28. The molecule has 0 bridgehead atoms. The molecule has 2 aromatic rings. The van der Waals surface area contributed by atoms with Crippen LogP contribution in [0.4, 0.5) is 4.79 Å². The van der Waals surface area contributed by atoms with Gasteiger partial charge in [-0.3, -0.25) is 9.59 Å². The van der Waals surface area contributed by atoms with Crippen molar-refractivity contribution in [2.24, 2.45) is 5.92 Å². The molecule has 0 saturated carbocycles. The lowest BCUT2D eigenvalue weighted by Gasteiger charge is -2.22. The molecular weight excluding hydrogens is 424 g/mol. The van der Waals surface area contributed by atoms with Crippen molar-refractivity contribution in [3.8, 4) is 5.75 Å². The normalized spacial score (nSPS) is 12.2. The lowest BCUT2D eigenvalue weighted by atomic mass is 10.00. The van der Waals surface area contributed by atoms with E-state index in [1.54, 1.807) is 12.1 Å². The van der Waals surface area contributed by atoms with Crippen molar-refractivity contribution >= 4 is 24.0 Å². The molecule has 0 aliphatic rings. The van der Waals surface area contributed by atoms with Gasteiger partial charge in [0, 0.05) is 6.42 Å². The highest BCUT2D eigenvalue weighted by Gasteiger charge is 2.28. The van der Waals surface area contributed by atoms with Gasteiger partial charge in [0.25, 0.3) is 5.78 Å². The van der Waals surface area contributed by atoms with Crippen LogP contribution in [0.5, 0.6) is 5.75 Å². The van der Waals surface area contributed by atoms with Crippen LogP contribution in [0.2, 0.25) is 0 Å². The van der Waals surface area contributed by atoms with Crippen molar-refractivity contribution < 1.29 is 29.0 Å². The van der Waals surface area contributed by atoms with Gasteiger partial charge < -0.3 is 26.0 Å². The van der Waals surface area contributed by atoms with Gasteiger partial charge in [0.05, 0.1) is 0 Å². The summed E-state index contributed by atoms with van der Waals surface area (Å²) >= 11 is 0. The molecule has 0 aromatic heterocycles. The van der Waals surface area contributed by atoms with Gasteiger partial charge in [-0.15, -0.1) is 0 Å². The first-order valence-corrected chi connectivity index (χ1v) is 10.5. The summed E-state index contributed by atoms with van der Waals surface area (Å²) in [6.07, 6.45) is 0.382. The van der Waals surface area contributed by atoms with Crippen LogP contribution < -0.4 is 10.6 Å². The van der Waals surface area contributed by atoms with Gasteiger partial charge in [-0.2, -0.15) is 4.79 Å². The smallest absolute Gasteiger partial charge is 0.408 e. The summed E-state index contributed by atoms with van der Waals surface area (Å²) in [5.41, 5.74) is 10.2. The molecule has 0 fully saturated rings. The summed E-state index contributed by atoms with van der Waals surface area (Å²) in [5.74, 6) is -1.05. The molecule has 33 heavy (non-hydrogen) atoms. The third kappa shape index (κ3) is 8.96. The predicted molar refractivity (Wildman–Crippen MR) is 121 cm³/mol. The van der Waals surface area contributed by atoms with E-state index in [4.69, 9.17) is 10.3 Å². The zero-order valence-corrected chi connectivity index (χ0v) is 18.6. The molecule has 9 heteroatoms. The van der Waals surface area contributed by atoms with Crippen LogP contribution in [0.3, 0.4) is 0 Å². The van der Waals surface area contributed by atoms with Crippen LogP contribution in [0.25, 0.3) is 5.53 Å². The average Bonchev–Trinajstić information content (AvgIpc) is 2.78. The Morgan fingerprint density at radius 1 is 1.00 bits per heavy atom. The number of ether oxygens (including phenoxy) is 1. The van der Waals surface area contributed by atoms with Gasteiger partial charge in [0.1, 0.15) is 24.4 Å². The summed E-state index contributed by atoms with van der Waals surface area (Å²) in [6, 6.07) is 13.3. The fraction of sp³-hybridized carbons (Fsp3) is 0.333. The second-order valence-corrected chi connectivity index (χ2v) is 7.97. The average molecular weight is 453 g/mol. The van der Waals surface area contributed by atoms with Crippen LogP contribution in [0, 0.1) is 5.92 Å². The topological polar surface area (TPSA) is 141 Å². The number of aromatic hydroxyl groups is 1. The lowest BCUT2D eigenvalue weighted by molar-refractivity contribution is -0.127. The minimum Gasteiger partial charge on any atom is -0.508 e. The Bertz CT molecular complexity index is 986. The first kappa shape index (κ1) is 25.3. The molecule has 2 rings (SSSR count). The molecule has 0 heterocycles. The van der Waals surface area contributed by atoms with Crippen LogP contribution in [-0.2, 0) is 27.4 Å². The molecule has 0 aliphatic heterocycles. The summed E-state index contributed by atoms with van der Waals surface area (Å²) in [4.78, 5) is 40.4. The van der Waals surface area contributed by atoms with Crippen LogP contribution in [0.1, 0.15) is 31.4 Å². The Balaban J connectivity index is 2.08. The van der Waals surface area contributed by atoms with E-state index >= 15 is 0 Å². The largest absolute Gasteiger partial charge is 0.508 e. The van der Waals surface area contributed by atoms with E-state index in [2.05, 4.69) is 15.4 Å². The highest BCUT2D eigenvalue weighted by atomic mass is 16.5. The van der Waals surface area contributed by atoms with E-state index in [0.717, 1.165) is 5.56 Å². The summed E-state index contributed by atoms with van der Waals surface area (Å²) in [5, 5.41) is 14.6. The zero-order valence-electron chi connectivity index (χ0n) is 18.6. The molecule has 2 atom stereocenters. The number of hydrogen-bond acceptors (Lipinski definition) is 5. The van der Waals surface area contributed by atoms with E-state index in [1.165, 1.54) is 12.1 Å². The molecule has 9 nitrogen and oxygen atoms in total. The van der Waals surface area contributed by atoms with Crippen molar-refractivity contribution in [3.63, 3.8) is 0 Å². The Labute approximate surface area is 192 Å². The van der Waals surface area contributed by atoms with E-state index in [-0.39, 0.29) is 24.7 Å². The molecule has 0 aliphatic carbocycles. The number of nitrogens with one attached hydrogen (secondary N) is 2. The lowest BCUT2D eigenvalue weighted by Crippen LogP contribution is -2.53.